The molecule has 0 aliphatic carbocycles. The van der Waals surface area contributed by atoms with E-state index in [1.54, 1.807) is 0 Å². The van der Waals surface area contributed by atoms with Gasteiger partial charge in [-0.1, -0.05) is 11.6 Å². The number of nitrogens with zero attached hydrogens (tertiary/aromatic N) is 1. The van der Waals surface area contributed by atoms with E-state index in [0.29, 0.717) is 0 Å². The third-order valence-electron chi connectivity index (χ3n) is 2.45. The molecule has 1 aliphatic heterocycles. The maximum Gasteiger partial charge on any atom is 0.239 e. The van der Waals surface area contributed by atoms with Crippen LogP contribution in [0.15, 0.2) is 11.6 Å². The zero-order valence-corrected chi connectivity index (χ0v) is 8.63. The quantitative estimate of drug-likeness (QED) is 0.640. The molecule has 1 aliphatic rings. The Bertz CT molecular complexity index is 223. The lowest BCUT2D eigenvalue weighted by Gasteiger charge is -2.28. The standard InChI is InChI=1S/C10H18N2O/c1-8-5-4-6-12(7-8)10(13)9(2)11-3/h5,9,11H,4,6-7H2,1-3H3. The predicted octanol–water partition coefficient (Wildman–Crippen LogP) is 0.773. The first kappa shape index (κ1) is 10.3. The van der Waals surface area contributed by atoms with E-state index in [4.69, 9.17) is 0 Å². The smallest absolute Gasteiger partial charge is 0.239 e. The molecule has 0 fully saturated rings. The van der Waals surface area contributed by atoms with Gasteiger partial charge < -0.3 is 10.2 Å². The van der Waals surface area contributed by atoms with Crippen LogP contribution in [-0.4, -0.2) is 37.0 Å². The van der Waals surface area contributed by atoms with Gasteiger partial charge in [-0.25, -0.2) is 0 Å². The number of likely N-dealkylation sites (N-methyl/N-ethyl adjacent to an activating group) is 1. The largest absolute Gasteiger partial charge is 0.337 e. The molecule has 3 nitrogen and oxygen atoms in total. The minimum atomic E-state index is -0.0640. The Hall–Kier alpha value is -0.830. The van der Waals surface area contributed by atoms with Crippen LogP contribution in [0.1, 0.15) is 20.3 Å². The van der Waals surface area contributed by atoms with Gasteiger partial charge in [-0.3, -0.25) is 4.79 Å². The van der Waals surface area contributed by atoms with E-state index in [9.17, 15) is 4.79 Å². The van der Waals surface area contributed by atoms with Gasteiger partial charge in [0.2, 0.25) is 5.91 Å². The van der Waals surface area contributed by atoms with Crippen LogP contribution in [0.25, 0.3) is 0 Å². The molecule has 0 aromatic carbocycles. The molecule has 1 atom stereocenters. The average molecular weight is 182 g/mol. The van der Waals surface area contributed by atoms with Crippen molar-refractivity contribution in [2.24, 2.45) is 0 Å². The minimum Gasteiger partial charge on any atom is -0.337 e. The SMILES string of the molecule is CNC(C)C(=O)N1CCC=C(C)C1. The molecule has 1 amide bonds. The Kier molecular flexibility index (Phi) is 3.48. The van der Waals surface area contributed by atoms with Crippen molar-refractivity contribution >= 4 is 5.91 Å². The first-order valence-corrected chi connectivity index (χ1v) is 4.77. The van der Waals surface area contributed by atoms with Gasteiger partial charge in [-0.15, -0.1) is 0 Å². The highest BCUT2D eigenvalue weighted by atomic mass is 16.2. The number of nitrogens with one attached hydrogen (secondary N) is 1. The molecular formula is C10H18N2O. The number of carbonyl (C=O) groups excluding carboxylic acids is 1. The molecular weight excluding hydrogens is 164 g/mol. The van der Waals surface area contributed by atoms with Crippen LogP contribution in [0.3, 0.4) is 0 Å². The molecule has 0 spiro atoms. The van der Waals surface area contributed by atoms with E-state index in [-0.39, 0.29) is 11.9 Å². The molecule has 74 valence electrons. The second kappa shape index (κ2) is 4.42. The van der Waals surface area contributed by atoms with E-state index in [1.165, 1.54) is 5.57 Å². The average Bonchev–Trinajstić information content (AvgIpc) is 2.15. The van der Waals surface area contributed by atoms with Crippen molar-refractivity contribution in [1.29, 1.82) is 0 Å². The highest BCUT2D eigenvalue weighted by Crippen LogP contribution is 2.09. The summed E-state index contributed by atoms with van der Waals surface area (Å²) in [6.45, 7) is 5.63. The molecule has 0 saturated heterocycles. The van der Waals surface area contributed by atoms with E-state index >= 15 is 0 Å². The van der Waals surface area contributed by atoms with Crippen molar-refractivity contribution in [3.8, 4) is 0 Å². The number of amides is 1. The maximum atomic E-state index is 11.7. The van der Waals surface area contributed by atoms with Crippen LogP contribution in [0, 0.1) is 0 Å². The highest BCUT2D eigenvalue weighted by molar-refractivity contribution is 5.81. The zero-order valence-electron chi connectivity index (χ0n) is 8.63. The monoisotopic (exact) mass is 182 g/mol. The van der Waals surface area contributed by atoms with Crippen LogP contribution < -0.4 is 5.32 Å². The third-order valence-corrected chi connectivity index (χ3v) is 2.45. The molecule has 0 aromatic heterocycles. The Labute approximate surface area is 79.8 Å². The fourth-order valence-corrected chi connectivity index (χ4v) is 1.50. The van der Waals surface area contributed by atoms with Gasteiger partial charge in [0.25, 0.3) is 0 Å². The van der Waals surface area contributed by atoms with Crippen molar-refractivity contribution in [3.63, 3.8) is 0 Å². The summed E-state index contributed by atoms with van der Waals surface area (Å²) in [4.78, 5) is 13.6. The fourth-order valence-electron chi connectivity index (χ4n) is 1.50. The van der Waals surface area contributed by atoms with E-state index < -0.39 is 0 Å². The molecule has 0 saturated carbocycles. The molecule has 13 heavy (non-hydrogen) atoms. The van der Waals surface area contributed by atoms with Crippen LogP contribution >= 0.6 is 0 Å². The first-order chi connectivity index (χ1) is 6.15. The maximum absolute atomic E-state index is 11.7. The van der Waals surface area contributed by atoms with Crippen molar-refractivity contribution in [2.75, 3.05) is 20.1 Å². The van der Waals surface area contributed by atoms with Crippen molar-refractivity contribution in [1.82, 2.24) is 10.2 Å². The minimum absolute atomic E-state index is 0.0640. The Morgan fingerprint density at radius 2 is 2.38 bits per heavy atom. The summed E-state index contributed by atoms with van der Waals surface area (Å²) >= 11 is 0. The summed E-state index contributed by atoms with van der Waals surface area (Å²) in [6.07, 6.45) is 3.20. The summed E-state index contributed by atoms with van der Waals surface area (Å²) in [7, 11) is 1.81. The van der Waals surface area contributed by atoms with E-state index in [2.05, 4.69) is 18.3 Å². The van der Waals surface area contributed by atoms with Gasteiger partial charge in [0.05, 0.1) is 6.04 Å². The van der Waals surface area contributed by atoms with Crippen LogP contribution in [0.5, 0.6) is 0 Å². The molecule has 3 heteroatoms. The molecule has 0 aromatic rings. The zero-order chi connectivity index (χ0) is 9.84. The fraction of sp³-hybridized carbons (Fsp3) is 0.700. The lowest BCUT2D eigenvalue weighted by molar-refractivity contribution is -0.132. The van der Waals surface area contributed by atoms with Crippen molar-refractivity contribution in [3.05, 3.63) is 11.6 Å². The lowest BCUT2D eigenvalue weighted by Crippen LogP contribution is -2.45. The molecule has 1 heterocycles. The summed E-state index contributed by atoms with van der Waals surface area (Å²) in [5.41, 5.74) is 1.29. The number of rotatable bonds is 2. The van der Waals surface area contributed by atoms with Crippen LogP contribution in [-0.2, 0) is 4.79 Å². The van der Waals surface area contributed by atoms with Gasteiger partial charge in [0.1, 0.15) is 0 Å². The summed E-state index contributed by atoms with van der Waals surface area (Å²) < 4.78 is 0. The second-order valence-corrected chi connectivity index (χ2v) is 3.61. The van der Waals surface area contributed by atoms with Gasteiger partial charge in [0, 0.05) is 13.1 Å². The lowest BCUT2D eigenvalue weighted by atomic mass is 10.1. The van der Waals surface area contributed by atoms with Crippen molar-refractivity contribution in [2.45, 2.75) is 26.3 Å². The van der Waals surface area contributed by atoms with Crippen LogP contribution in [0.2, 0.25) is 0 Å². The van der Waals surface area contributed by atoms with Crippen LogP contribution in [0.4, 0.5) is 0 Å². The van der Waals surface area contributed by atoms with Gasteiger partial charge in [0.15, 0.2) is 0 Å². The molecule has 1 unspecified atom stereocenters. The molecule has 1 N–H and O–H groups in total. The second-order valence-electron chi connectivity index (χ2n) is 3.61. The molecule has 0 bridgehead atoms. The van der Waals surface area contributed by atoms with E-state index in [0.717, 1.165) is 19.5 Å². The third kappa shape index (κ3) is 2.56. The van der Waals surface area contributed by atoms with Crippen molar-refractivity contribution < 1.29 is 4.79 Å². The Balaban J connectivity index is 2.53. The first-order valence-electron chi connectivity index (χ1n) is 4.77. The summed E-state index contributed by atoms with van der Waals surface area (Å²) in [5.74, 6) is 0.204. The topological polar surface area (TPSA) is 32.3 Å². The van der Waals surface area contributed by atoms with Gasteiger partial charge >= 0.3 is 0 Å². The Morgan fingerprint density at radius 1 is 1.69 bits per heavy atom. The molecule has 1 rings (SSSR count). The Morgan fingerprint density at radius 3 is 2.92 bits per heavy atom. The van der Waals surface area contributed by atoms with Gasteiger partial charge in [-0.2, -0.15) is 0 Å². The molecule has 0 radical (unpaired) electrons. The predicted molar refractivity (Wildman–Crippen MR) is 53.5 cm³/mol. The number of hydrogen-bond acceptors (Lipinski definition) is 2. The van der Waals surface area contributed by atoms with Gasteiger partial charge in [-0.05, 0) is 27.3 Å². The van der Waals surface area contributed by atoms with E-state index in [1.807, 2.05) is 18.9 Å². The normalized spacial score (nSPS) is 19.6. The summed E-state index contributed by atoms with van der Waals surface area (Å²) in [5, 5.41) is 2.97. The highest BCUT2D eigenvalue weighted by Gasteiger charge is 2.20. The number of carbonyl (C=O) groups is 1. The number of hydrogen-bond donors (Lipinski definition) is 1. The summed E-state index contributed by atoms with van der Waals surface area (Å²) in [6, 6.07) is -0.0640.